The molecule has 3 nitrogen and oxygen atoms in total. The van der Waals surface area contributed by atoms with Gasteiger partial charge in [0.05, 0.1) is 17.4 Å². The lowest BCUT2D eigenvalue weighted by Crippen LogP contribution is -2.37. The molecule has 0 saturated heterocycles. The number of fused-ring (bicyclic) bond motifs is 9. The fraction of sp³-hybridized carbons (Fsp3) is 0.118. The summed E-state index contributed by atoms with van der Waals surface area (Å²) in [7, 11) is 0. The van der Waals surface area contributed by atoms with Crippen LogP contribution < -0.4 is 15.5 Å². The highest BCUT2D eigenvalue weighted by Crippen LogP contribution is 2.60. The first-order valence-corrected chi connectivity index (χ1v) is 25.5. The molecule has 0 spiro atoms. The zero-order chi connectivity index (χ0) is 46.8. The average Bonchev–Trinajstić information content (AvgIpc) is 3.80. The summed E-state index contributed by atoms with van der Waals surface area (Å²) in [6.45, 7) is 0. The minimum Gasteiger partial charge on any atom is -0.366 e. The molecule has 0 saturated carbocycles. The molecule has 2 aliphatic heterocycles. The number of para-hydroxylation sites is 1. The van der Waals surface area contributed by atoms with E-state index in [1.807, 2.05) is 0 Å². The molecule has 0 amide bonds. The molecule has 2 heterocycles. The summed E-state index contributed by atoms with van der Waals surface area (Å²) < 4.78 is 0. The summed E-state index contributed by atoms with van der Waals surface area (Å²) in [4.78, 5) is 2.62. The fourth-order valence-corrected chi connectivity index (χ4v) is 12.6. The van der Waals surface area contributed by atoms with Crippen molar-refractivity contribution in [1.29, 1.82) is 0 Å². The average molecular weight is 912 g/mol. The third-order valence-electron chi connectivity index (χ3n) is 15.9. The van der Waals surface area contributed by atoms with E-state index in [1.54, 1.807) is 0 Å². The van der Waals surface area contributed by atoms with Crippen LogP contribution in [0, 0.1) is 5.92 Å². The van der Waals surface area contributed by atoms with Crippen LogP contribution in [-0.2, 0) is 0 Å². The van der Waals surface area contributed by atoms with E-state index in [1.165, 1.54) is 111 Å². The fourth-order valence-electron chi connectivity index (χ4n) is 12.6. The maximum Gasteiger partial charge on any atom is 0.105 e. The van der Waals surface area contributed by atoms with Gasteiger partial charge < -0.3 is 10.2 Å². The molecule has 3 heteroatoms. The Morgan fingerprint density at radius 3 is 1.94 bits per heavy atom. The van der Waals surface area contributed by atoms with E-state index in [2.05, 4.69) is 252 Å². The highest BCUT2D eigenvalue weighted by atomic mass is 15.2. The molecule has 4 unspecified atom stereocenters. The summed E-state index contributed by atoms with van der Waals surface area (Å²) in [5, 5.41) is 13.3. The van der Waals surface area contributed by atoms with Gasteiger partial charge >= 0.3 is 0 Å². The minimum atomic E-state index is -0.136. The summed E-state index contributed by atoms with van der Waals surface area (Å²) in [6, 6.07) is 74.1. The van der Waals surface area contributed by atoms with Gasteiger partial charge in [0.1, 0.15) is 6.17 Å². The van der Waals surface area contributed by atoms with E-state index < -0.39 is 0 Å². The molecule has 2 N–H and O–H groups in total. The lowest BCUT2D eigenvalue weighted by atomic mass is 9.68. The molecule has 0 radical (unpaired) electrons. The maximum atomic E-state index is 4.13. The number of nitrogens with zero attached hydrogens (tertiary/aromatic N) is 1. The Kier molecular flexibility index (Phi) is 10.2. The Bertz CT molecular complexity index is 3670. The van der Waals surface area contributed by atoms with E-state index in [9.17, 15) is 0 Å². The summed E-state index contributed by atoms with van der Waals surface area (Å²) in [5.74, 6) is 0.678. The Hall–Kier alpha value is -8.24. The highest BCUT2D eigenvalue weighted by Gasteiger charge is 2.45. The van der Waals surface area contributed by atoms with Crippen LogP contribution in [0.2, 0.25) is 0 Å². The van der Waals surface area contributed by atoms with Gasteiger partial charge in [-0.05, 0) is 163 Å². The molecule has 9 aromatic carbocycles. The van der Waals surface area contributed by atoms with Crippen molar-refractivity contribution < 1.29 is 0 Å². The zero-order valence-electron chi connectivity index (χ0n) is 39.6. The predicted molar refractivity (Wildman–Crippen MR) is 297 cm³/mol. The molecule has 0 bridgehead atoms. The Balaban J connectivity index is 0.840. The van der Waals surface area contributed by atoms with Gasteiger partial charge in [-0.1, -0.05) is 194 Å². The number of nitrogens with one attached hydrogen (secondary N) is 2. The third kappa shape index (κ3) is 7.14. The molecule has 0 fully saturated rings. The van der Waals surface area contributed by atoms with Gasteiger partial charge in [0.15, 0.2) is 0 Å². The van der Waals surface area contributed by atoms with Gasteiger partial charge in [0.2, 0.25) is 0 Å². The first-order chi connectivity index (χ1) is 35.2. The number of hydrogen-bond donors (Lipinski definition) is 2. The molecule has 4 atom stereocenters. The number of anilines is 3. The van der Waals surface area contributed by atoms with Gasteiger partial charge in [-0.15, -0.1) is 0 Å². The molecule has 0 aromatic heterocycles. The number of hydrogen-bond acceptors (Lipinski definition) is 3. The van der Waals surface area contributed by atoms with Crippen molar-refractivity contribution in [3.05, 3.63) is 281 Å². The zero-order valence-corrected chi connectivity index (χ0v) is 39.6. The Morgan fingerprint density at radius 2 is 1.17 bits per heavy atom. The smallest absolute Gasteiger partial charge is 0.105 e. The van der Waals surface area contributed by atoms with Crippen LogP contribution in [0.15, 0.2) is 259 Å². The second-order valence-corrected chi connectivity index (χ2v) is 19.8. The second kappa shape index (κ2) is 17.3. The monoisotopic (exact) mass is 911 g/mol. The first kappa shape index (κ1) is 41.7. The molecule has 340 valence electrons. The standard InChI is InChI=1S/C68H53N3/c1-4-17-44(18-5-1)50-41-51(45-19-6-2-7-20-45)43-52(42-50)46-33-35-49(36-34-46)67-60-25-12-13-31-61(60)69-68(70-67)59-30-15-28-57-55(59)27-16-32-62(57)71-63-39-37-48-23-10-11-24-54(48)65(63)66-58-29-14-26-53(47-21-8-3-9-22-47)56(58)38-40-64(66)71/h1-8,10-13,15-21,23-28,30-43,58,66-70H,9,14,22,29H2. The van der Waals surface area contributed by atoms with Crippen molar-refractivity contribution in [2.45, 2.75) is 43.8 Å². The predicted octanol–water partition coefficient (Wildman–Crippen LogP) is 17.5. The van der Waals surface area contributed by atoms with Gasteiger partial charge in [-0.2, -0.15) is 0 Å². The van der Waals surface area contributed by atoms with Crippen molar-refractivity contribution in [3.8, 4) is 33.4 Å². The van der Waals surface area contributed by atoms with Crippen molar-refractivity contribution in [2.24, 2.45) is 5.92 Å². The molecular formula is C68H53N3. The molecule has 9 aromatic rings. The normalized spacial score (nSPS) is 19.9. The second-order valence-electron chi connectivity index (χ2n) is 19.8. The highest BCUT2D eigenvalue weighted by molar-refractivity contribution is 6.03. The number of benzene rings is 9. The van der Waals surface area contributed by atoms with Crippen LogP contribution in [0.5, 0.6) is 0 Å². The largest absolute Gasteiger partial charge is 0.366 e. The van der Waals surface area contributed by atoms with Gasteiger partial charge in [0.25, 0.3) is 0 Å². The van der Waals surface area contributed by atoms with Crippen molar-refractivity contribution in [1.82, 2.24) is 5.32 Å². The van der Waals surface area contributed by atoms with E-state index in [4.69, 9.17) is 0 Å². The summed E-state index contributed by atoms with van der Waals surface area (Å²) >= 11 is 0. The maximum absolute atomic E-state index is 4.13. The first-order valence-electron chi connectivity index (χ1n) is 25.5. The van der Waals surface area contributed by atoms with Gasteiger partial charge in [-0.25, -0.2) is 0 Å². The summed E-state index contributed by atoms with van der Waals surface area (Å²) in [5.41, 5.74) is 22.0. The van der Waals surface area contributed by atoms with Crippen molar-refractivity contribution in [3.63, 3.8) is 0 Å². The van der Waals surface area contributed by atoms with Crippen LogP contribution in [0.3, 0.4) is 0 Å². The van der Waals surface area contributed by atoms with E-state index in [0.717, 1.165) is 31.4 Å². The van der Waals surface area contributed by atoms with Crippen LogP contribution in [0.4, 0.5) is 17.1 Å². The molecule has 3 aliphatic carbocycles. The number of allylic oxidation sites excluding steroid dienone is 10. The van der Waals surface area contributed by atoms with Crippen molar-refractivity contribution in [2.75, 3.05) is 10.2 Å². The van der Waals surface area contributed by atoms with E-state index in [0.29, 0.717) is 5.92 Å². The quantitative estimate of drug-likeness (QED) is 0.167. The van der Waals surface area contributed by atoms with E-state index >= 15 is 0 Å². The Labute approximate surface area is 416 Å². The van der Waals surface area contributed by atoms with Gasteiger partial charge in [0, 0.05) is 22.7 Å². The minimum absolute atomic E-state index is 0.0248. The third-order valence-corrected chi connectivity index (χ3v) is 15.9. The van der Waals surface area contributed by atoms with Crippen LogP contribution in [0.1, 0.15) is 66.1 Å². The molecule has 71 heavy (non-hydrogen) atoms. The van der Waals surface area contributed by atoms with Crippen LogP contribution in [-0.4, -0.2) is 0 Å². The van der Waals surface area contributed by atoms with Gasteiger partial charge in [-0.3, -0.25) is 5.32 Å². The SMILES string of the molecule is C1=CCCC(C2=CCCC3C2=CC=C2C3c3c(ccc4ccccc34)N2c2cccc3c(C4Nc5ccccc5C(c5ccc(-c6cc(-c7ccccc7)cc(-c7ccccc7)c6)cc5)N4)cccc23)=C1. The van der Waals surface area contributed by atoms with Crippen LogP contribution >= 0.6 is 0 Å². The Morgan fingerprint density at radius 1 is 0.493 bits per heavy atom. The molecular weight excluding hydrogens is 859 g/mol. The lowest BCUT2D eigenvalue weighted by Gasteiger charge is -2.37. The van der Waals surface area contributed by atoms with Crippen LogP contribution in [0.25, 0.3) is 54.9 Å². The lowest BCUT2D eigenvalue weighted by molar-refractivity contribution is 0.492. The molecule has 14 rings (SSSR count). The number of rotatable bonds is 7. The topological polar surface area (TPSA) is 27.3 Å². The van der Waals surface area contributed by atoms with Crippen molar-refractivity contribution >= 4 is 38.6 Å². The molecule has 5 aliphatic rings. The van der Waals surface area contributed by atoms with E-state index in [-0.39, 0.29) is 18.1 Å². The summed E-state index contributed by atoms with van der Waals surface area (Å²) in [6.07, 6.45) is 18.7.